The van der Waals surface area contributed by atoms with E-state index in [0.717, 1.165) is 33.8 Å². The SMILES string of the molecule is CC/C=C\C(CNCc1cc2c(C)nn(-c3ccccc3)c2[nH]c1=O)=C(/C)Cl. The molecule has 146 valence electrons. The van der Waals surface area contributed by atoms with E-state index in [4.69, 9.17) is 11.6 Å². The molecule has 3 aromatic rings. The van der Waals surface area contributed by atoms with Crippen LogP contribution in [0.3, 0.4) is 0 Å². The van der Waals surface area contributed by atoms with Crippen molar-refractivity contribution in [2.24, 2.45) is 0 Å². The third-order valence-corrected chi connectivity index (χ3v) is 4.82. The molecule has 0 spiro atoms. The van der Waals surface area contributed by atoms with Crippen molar-refractivity contribution in [2.45, 2.75) is 33.7 Å². The molecule has 0 saturated heterocycles. The number of benzene rings is 1. The van der Waals surface area contributed by atoms with Crippen LogP contribution in [0.4, 0.5) is 0 Å². The molecule has 0 aliphatic heterocycles. The molecule has 2 N–H and O–H groups in total. The van der Waals surface area contributed by atoms with Gasteiger partial charge in [0.05, 0.1) is 11.4 Å². The number of aromatic amines is 1. The number of rotatable bonds is 7. The van der Waals surface area contributed by atoms with Crippen LogP contribution in [0.1, 0.15) is 31.5 Å². The van der Waals surface area contributed by atoms with Crippen molar-refractivity contribution in [3.05, 3.63) is 80.8 Å². The van der Waals surface area contributed by atoms with Crippen molar-refractivity contribution in [2.75, 3.05) is 6.54 Å². The quantitative estimate of drug-likeness (QED) is 0.574. The van der Waals surface area contributed by atoms with Gasteiger partial charge in [-0.2, -0.15) is 5.10 Å². The van der Waals surface area contributed by atoms with E-state index >= 15 is 0 Å². The Morgan fingerprint density at radius 2 is 2.07 bits per heavy atom. The fourth-order valence-corrected chi connectivity index (χ4v) is 3.16. The minimum Gasteiger partial charge on any atom is -0.308 e. The first kappa shape index (κ1) is 20.1. The molecule has 0 atom stereocenters. The Balaban J connectivity index is 1.85. The number of aromatic nitrogens is 3. The van der Waals surface area contributed by atoms with Gasteiger partial charge in [-0.25, -0.2) is 4.68 Å². The van der Waals surface area contributed by atoms with Crippen molar-refractivity contribution in [1.29, 1.82) is 0 Å². The topological polar surface area (TPSA) is 62.7 Å². The van der Waals surface area contributed by atoms with Crippen LogP contribution < -0.4 is 10.9 Å². The third kappa shape index (κ3) is 4.43. The number of halogens is 1. The Morgan fingerprint density at radius 3 is 2.75 bits per heavy atom. The lowest BCUT2D eigenvalue weighted by atomic mass is 10.2. The molecule has 2 heterocycles. The summed E-state index contributed by atoms with van der Waals surface area (Å²) in [5.74, 6) is 0. The molecule has 0 aliphatic carbocycles. The average Bonchev–Trinajstić information content (AvgIpc) is 3.00. The van der Waals surface area contributed by atoms with Crippen LogP contribution in [0.2, 0.25) is 0 Å². The van der Waals surface area contributed by atoms with Gasteiger partial charge in [0.25, 0.3) is 5.56 Å². The summed E-state index contributed by atoms with van der Waals surface area (Å²) in [6, 6.07) is 11.7. The second-order valence-electron chi connectivity index (χ2n) is 6.69. The summed E-state index contributed by atoms with van der Waals surface area (Å²) >= 11 is 6.16. The fourth-order valence-electron chi connectivity index (χ4n) is 3.03. The molecular formula is C22H25ClN4O. The Kier molecular flexibility index (Phi) is 6.49. The Morgan fingerprint density at radius 1 is 1.32 bits per heavy atom. The molecule has 0 radical (unpaired) electrons. The van der Waals surface area contributed by atoms with Crippen molar-refractivity contribution in [1.82, 2.24) is 20.1 Å². The molecular weight excluding hydrogens is 372 g/mol. The zero-order valence-corrected chi connectivity index (χ0v) is 17.2. The van der Waals surface area contributed by atoms with Gasteiger partial charge >= 0.3 is 0 Å². The number of aryl methyl sites for hydroxylation is 1. The van der Waals surface area contributed by atoms with Crippen LogP contribution >= 0.6 is 11.6 Å². The molecule has 6 heteroatoms. The second-order valence-corrected chi connectivity index (χ2v) is 7.26. The number of pyridine rings is 1. The highest BCUT2D eigenvalue weighted by Crippen LogP contribution is 2.19. The highest BCUT2D eigenvalue weighted by molar-refractivity contribution is 6.29. The van der Waals surface area contributed by atoms with Crippen LogP contribution in [0, 0.1) is 6.92 Å². The number of hydrogen-bond donors (Lipinski definition) is 2. The van der Waals surface area contributed by atoms with Gasteiger partial charge in [0.15, 0.2) is 0 Å². The molecule has 0 unspecified atom stereocenters. The molecule has 2 aromatic heterocycles. The Bertz CT molecular complexity index is 1070. The summed E-state index contributed by atoms with van der Waals surface area (Å²) in [7, 11) is 0. The monoisotopic (exact) mass is 396 g/mol. The van der Waals surface area contributed by atoms with Crippen LogP contribution in [-0.4, -0.2) is 21.3 Å². The second kappa shape index (κ2) is 9.04. The number of nitrogens with one attached hydrogen (secondary N) is 2. The van der Waals surface area contributed by atoms with E-state index in [2.05, 4.69) is 28.4 Å². The highest BCUT2D eigenvalue weighted by Gasteiger charge is 2.12. The minimum atomic E-state index is -0.116. The maximum atomic E-state index is 12.6. The number of nitrogens with zero attached hydrogens (tertiary/aromatic N) is 2. The van der Waals surface area contributed by atoms with Gasteiger partial charge in [0, 0.05) is 29.1 Å². The number of para-hydroxylation sites is 1. The van der Waals surface area contributed by atoms with E-state index < -0.39 is 0 Å². The zero-order chi connectivity index (χ0) is 20.1. The van der Waals surface area contributed by atoms with E-state index in [0.29, 0.717) is 24.3 Å². The van der Waals surface area contributed by atoms with Crippen molar-refractivity contribution >= 4 is 22.6 Å². The minimum absolute atomic E-state index is 0.116. The van der Waals surface area contributed by atoms with Gasteiger partial charge in [-0.15, -0.1) is 0 Å². The molecule has 0 aliphatic rings. The molecule has 0 saturated carbocycles. The highest BCUT2D eigenvalue weighted by atomic mass is 35.5. The number of H-pyrrole nitrogens is 1. The summed E-state index contributed by atoms with van der Waals surface area (Å²) in [4.78, 5) is 15.6. The van der Waals surface area contributed by atoms with E-state index in [1.165, 1.54) is 0 Å². The first-order valence-electron chi connectivity index (χ1n) is 9.40. The third-order valence-electron chi connectivity index (χ3n) is 4.58. The fraction of sp³-hybridized carbons (Fsp3) is 0.273. The van der Waals surface area contributed by atoms with Crippen molar-refractivity contribution in [3.63, 3.8) is 0 Å². The lowest BCUT2D eigenvalue weighted by Crippen LogP contribution is -2.23. The Hall–Kier alpha value is -2.63. The van der Waals surface area contributed by atoms with Gasteiger partial charge in [-0.3, -0.25) is 4.79 Å². The largest absolute Gasteiger partial charge is 0.308 e. The van der Waals surface area contributed by atoms with Crippen molar-refractivity contribution in [3.8, 4) is 5.69 Å². The van der Waals surface area contributed by atoms with Crippen molar-refractivity contribution < 1.29 is 0 Å². The van der Waals surface area contributed by atoms with Crippen LogP contribution in [0.5, 0.6) is 0 Å². The van der Waals surface area contributed by atoms with Gasteiger partial charge in [-0.05, 0) is 44.0 Å². The number of hydrogen-bond acceptors (Lipinski definition) is 3. The molecule has 1 aromatic carbocycles. The summed E-state index contributed by atoms with van der Waals surface area (Å²) in [5, 5.41) is 9.61. The predicted molar refractivity (Wildman–Crippen MR) is 116 cm³/mol. The van der Waals surface area contributed by atoms with E-state index in [1.54, 1.807) is 4.68 Å². The maximum absolute atomic E-state index is 12.6. The first-order chi connectivity index (χ1) is 13.5. The summed E-state index contributed by atoms with van der Waals surface area (Å²) < 4.78 is 1.77. The molecule has 0 amide bonds. The van der Waals surface area contributed by atoms with Crippen LogP contribution in [-0.2, 0) is 6.54 Å². The maximum Gasteiger partial charge on any atom is 0.254 e. The van der Waals surface area contributed by atoms with Gasteiger partial charge in [-0.1, -0.05) is 48.9 Å². The molecule has 0 fully saturated rings. The molecule has 3 rings (SSSR count). The summed E-state index contributed by atoms with van der Waals surface area (Å²) in [6.07, 6.45) is 5.05. The summed E-state index contributed by atoms with van der Waals surface area (Å²) in [6.45, 7) is 6.96. The normalized spacial score (nSPS) is 12.7. The van der Waals surface area contributed by atoms with Crippen LogP contribution in [0.25, 0.3) is 16.7 Å². The smallest absolute Gasteiger partial charge is 0.254 e. The van der Waals surface area contributed by atoms with E-state index in [1.807, 2.05) is 56.3 Å². The first-order valence-corrected chi connectivity index (χ1v) is 9.78. The lowest BCUT2D eigenvalue weighted by molar-refractivity contribution is 0.738. The number of allylic oxidation sites excluding steroid dienone is 2. The molecule has 5 nitrogen and oxygen atoms in total. The number of fused-ring (bicyclic) bond motifs is 1. The van der Waals surface area contributed by atoms with Gasteiger partial charge in [0.2, 0.25) is 0 Å². The zero-order valence-electron chi connectivity index (χ0n) is 16.4. The summed E-state index contributed by atoms with van der Waals surface area (Å²) in [5.41, 5.74) is 4.08. The molecule has 28 heavy (non-hydrogen) atoms. The lowest BCUT2D eigenvalue weighted by Gasteiger charge is -2.08. The van der Waals surface area contributed by atoms with E-state index in [9.17, 15) is 4.79 Å². The molecule has 0 bridgehead atoms. The standard InChI is InChI=1S/C22H25ClN4O/c1-4-5-9-17(15(2)23)13-24-14-18-12-20-16(3)26-27(21(20)25-22(18)28)19-10-7-6-8-11-19/h5-12,24H,4,13-14H2,1-3H3,(H,25,28)/b9-5-,17-15-. The average molecular weight is 397 g/mol. The van der Waals surface area contributed by atoms with Crippen LogP contribution in [0.15, 0.2) is 64.0 Å². The Labute approximate surface area is 169 Å². The van der Waals surface area contributed by atoms with E-state index in [-0.39, 0.29) is 5.56 Å². The predicted octanol–water partition coefficient (Wildman–Crippen LogP) is 4.59. The van der Waals surface area contributed by atoms with Gasteiger partial charge < -0.3 is 10.3 Å². The van der Waals surface area contributed by atoms with Gasteiger partial charge in [0.1, 0.15) is 5.65 Å².